The minimum atomic E-state index is 0.967. The van der Waals surface area contributed by atoms with Crippen molar-refractivity contribution in [3.63, 3.8) is 0 Å². The van der Waals surface area contributed by atoms with Crippen LogP contribution in [0.3, 0.4) is 0 Å². The van der Waals surface area contributed by atoms with Gasteiger partial charge < -0.3 is 15.2 Å². The molecule has 1 aliphatic rings. The molecule has 19 heavy (non-hydrogen) atoms. The van der Waals surface area contributed by atoms with E-state index in [1.54, 1.807) is 0 Å². The highest BCUT2D eigenvalue weighted by Gasteiger charge is 2.08. The number of rotatable bonds is 5. The number of H-pyrrole nitrogens is 1. The van der Waals surface area contributed by atoms with E-state index < -0.39 is 0 Å². The van der Waals surface area contributed by atoms with E-state index in [1.165, 1.54) is 55.4 Å². The lowest BCUT2D eigenvalue weighted by molar-refractivity contribution is 0.229. The third-order valence-electron chi connectivity index (χ3n) is 4.00. The van der Waals surface area contributed by atoms with Crippen molar-refractivity contribution < 1.29 is 0 Å². The predicted octanol–water partition coefficient (Wildman–Crippen LogP) is 2.74. The van der Waals surface area contributed by atoms with Crippen molar-refractivity contribution in [2.24, 2.45) is 0 Å². The van der Waals surface area contributed by atoms with Gasteiger partial charge in [0.15, 0.2) is 0 Å². The summed E-state index contributed by atoms with van der Waals surface area (Å²) in [6.45, 7) is 5.82. The third kappa shape index (κ3) is 3.37. The van der Waals surface area contributed by atoms with Crippen LogP contribution in [0.5, 0.6) is 0 Å². The molecular formula is C16H23N3. The highest BCUT2D eigenvalue weighted by atomic mass is 15.1. The summed E-state index contributed by atoms with van der Waals surface area (Å²) in [6, 6.07) is 8.76. The molecule has 0 amide bonds. The fraction of sp³-hybridized carbons (Fsp3) is 0.500. The molecule has 1 aromatic carbocycles. The van der Waals surface area contributed by atoms with Gasteiger partial charge in [0.2, 0.25) is 0 Å². The highest BCUT2D eigenvalue weighted by molar-refractivity contribution is 5.79. The Morgan fingerprint density at radius 2 is 2.00 bits per heavy atom. The quantitative estimate of drug-likeness (QED) is 0.807. The molecule has 1 aromatic heterocycles. The lowest BCUT2D eigenvalue weighted by atomic mass is 10.1. The van der Waals surface area contributed by atoms with Gasteiger partial charge in [0.05, 0.1) is 0 Å². The fourth-order valence-corrected chi connectivity index (χ4v) is 2.87. The van der Waals surface area contributed by atoms with E-state index in [0.717, 1.165) is 13.1 Å². The summed E-state index contributed by atoms with van der Waals surface area (Å²) in [5.41, 5.74) is 2.59. The standard InChI is InChI=1S/C16H23N3/c1-2-9-19(10-3-1)11-8-17-13-14-4-5-16-15(12-14)6-7-18-16/h4-7,12,17-18H,1-3,8-11,13H2. The molecule has 0 aliphatic carbocycles. The minimum Gasteiger partial charge on any atom is -0.361 e. The summed E-state index contributed by atoms with van der Waals surface area (Å²) < 4.78 is 0. The summed E-state index contributed by atoms with van der Waals surface area (Å²) in [6.07, 6.45) is 6.17. The Morgan fingerprint density at radius 1 is 1.11 bits per heavy atom. The maximum absolute atomic E-state index is 3.55. The van der Waals surface area contributed by atoms with Crippen LogP contribution < -0.4 is 5.32 Å². The van der Waals surface area contributed by atoms with Crippen LogP contribution in [0.1, 0.15) is 24.8 Å². The van der Waals surface area contributed by atoms with Gasteiger partial charge in [-0.3, -0.25) is 0 Å². The Morgan fingerprint density at radius 3 is 2.89 bits per heavy atom. The number of aromatic nitrogens is 1. The monoisotopic (exact) mass is 257 g/mol. The number of benzene rings is 1. The summed E-state index contributed by atoms with van der Waals surface area (Å²) in [5.74, 6) is 0. The second-order valence-corrected chi connectivity index (χ2v) is 5.48. The lowest BCUT2D eigenvalue weighted by Gasteiger charge is -2.26. The van der Waals surface area contributed by atoms with Crippen molar-refractivity contribution in [3.8, 4) is 0 Å². The van der Waals surface area contributed by atoms with Gasteiger partial charge in [-0.15, -0.1) is 0 Å². The van der Waals surface area contributed by atoms with Crippen molar-refractivity contribution in [1.29, 1.82) is 0 Å². The van der Waals surface area contributed by atoms with Gasteiger partial charge in [0, 0.05) is 31.3 Å². The maximum atomic E-state index is 3.55. The number of hydrogen-bond acceptors (Lipinski definition) is 2. The number of hydrogen-bond donors (Lipinski definition) is 2. The first-order chi connectivity index (χ1) is 9.42. The Kier molecular flexibility index (Phi) is 4.16. The lowest BCUT2D eigenvalue weighted by Crippen LogP contribution is -2.35. The Labute approximate surface area is 115 Å². The molecule has 1 saturated heterocycles. The molecule has 0 radical (unpaired) electrons. The van der Waals surface area contributed by atoms with Crippen LogP contribution in [-0.4, -0.2) is 36.1 Å². The number of fused-ring (bicyclic) bond motifs is 1. The summed E-state index contributed by atoms with van der Waals surface area (Å²) in [5, 5.41) is 4.86. The molecule has 2 aromatic rings. The van der Waals surface area contributed by atoms with E-state index in [9.17, 15) is 0 Å². The van der Waals surface area contributed by atoms with Crippen molar-refractivity contribution in [1.82, 2.24) is 15.2 Å². The van der Waals surface area contributed by atoms with Crippen LogP contribution in [0.2, 0.25) is 0 Å². The first-order valence-corrected chi connectivity index (χ1v) is 7.41. The van der Waals surface area contributed by atoms with Crippen molar-refractivity contribution in [3.05, 3.63) is 36.0 Å². The van der Waals surface area contributed by atoms with Gasteiger partial charge in [-0.25, -0.2) is 0 Å². The van der Waals surface area contributed by atoms with Crippen molar-refractivity contribution >= 4 is 10.9 Å². The second-order valence-electron chi connectivity index (χ2n) is 5.48. The molecule has 0 saturated carbocycles. The minimum absolute atomic E-state index is 0.967. The Balaban J connectivity index is 1.43. The van der Waals surface area contributed by atoms with E-state index in [2.05, 4.69) is 39.5 Å². The van der Waals surface area contributed by atoms with Crippen LogP contribution in [0.15, 0.2) is 30.5 Å². The second kappa shape index (κ2) is 6.22. The number of piperidine rings is 1. The number of likely N-dealkylation sites (tertiary alicyclic amines) is 1. The van der Waals surface area contributed by atoms with Crippen LogP contribution in [0, 0.1) is 0 Å². The average molecular weight is 257 g/mol. The largest absolute Gasteiger partial charge is 0.361 e. The highest BCUT2D eigenvalue weighted by Crippen LogP contribution is 2.14. The van der Waals surface area contributed by atoms with Crippen LogP contribution in [0.25, 0.3) is 10.9 Å². The molecule has 1 aliphatic heterocycles. The first-order valence-electron chi connectivity index (χ1n) is 7.41. The van der Waals surface area contributed by atoms with Gasteiger partial charge in [-0.2, -0.15) is 0 Å². The molecule has 3 heteroatoms. The SMILES string of the molecule is c1cc2cc(CNCCN3CCCCC3)ccc2[nH]1. The molecular weight excluding hydrogens is 234 g/mol. The van der Waals surface area contributed by atoms with Crippen molar-refractivity contribution in [2.75, 3.05) is 26.2 Å². The van der Waals surface area contributed by atoms with E-state index in [-0.39, 0.29) is 0 Å². The first kappa shape index (κ1) is 12.7. The molecule has 0 bridgehead atoms. The fourth-order valence-electron chi connectivity index (χ4n) is 2.87. The van der Waals surface area contributed by atoms with E-state index in [0.29, 0.717) is 0 Å². The van der Waals surface area contributed by atoms with Gasteiger partial charge in [0.1, 0.15) is 0 Å². The Bertz CT molecular complexity index is 511. The van der Waals surface area contributed by atoms with Gasteiger partial charge >= 0.3 is 0 Å². The van der Waals surface area contributed by atoms with Gasteiger partial charge in [-0.1, -0.05) is 12.5 Å². The molecule has 1 fully saturated rings. The van der Waals surface area contributed by atoms with Crippen LogP contribution in [0.4, 0.5) is 0 Å². The number of nitrogens with one attached hydrogen (secondary N) is 2. The van der Waals surface area contributed by atoms with Crippen LogP contribution >= 0.6 is 0 Å². The summed E-state index contributed by atoms with van der Waals surface area (Å²) in [7, 11) is 0. The number of nitrogens with zero attached hydrogens (tertiary/aromatic N) is 1. The summed E-state index contributed by atoms with van der Waals surface area (Å²) in [4.78, 5) is 5.81. The molecule has 2 heterocycles. The number of aromatic amines is 1. The smallest absolute Gasteiger partial charge is 0.0454 e. The molecule has 0 unspecified atom stereocenters. The average Bonchev–Trinajstić information content (AvgIpc) is 2.92. The van der Waals surface area contributed by atoms with Gasteiger partial charge in [-0.05, 0) is 55.1 Å². The third-order valence-corrected chi connectivity index (χ3v) is 4.00. The van der Waals surface area contributed by atoms with Crippen LogP contribution in [-0.2, 0) is 6.54 Å². The molecule has 0 atom stereocenters. The predicted molar refractivity (Wildman–Crippen MR) is 80.3 cm³/mol. The molecule has 0 spiro atoms. The maximum Gasteiger partial charge on any atom is 0.0454 e. The van der Waals surface area contributed by atoms with Crippen molar-refractivity contribution in [2.45, 2.75) is 25.8 Å². The van der Waals surface area contributed by atoms with Gasteiger partial charge in [0.25, 0.3) is 0 Å². The summed E-state index contributed by atoms with van der Waals surface area (Å²) >= 11 is 0. The normalized spacial score (nSPS) is 17.1. The molecule has 2 N–H and O–H groups in total. The molecule has 3 rings (SSSR count). The van der Waals surface area contributed by atoms with E-state index in [4.69, 9.17) is 0 Å². The van der Waals surface area contributed by atoms with E-state index in [1.807, 2.05) is 6.20 Å². The van der Waals surface area contributed by atoms with E-state index >= 15 is 0 Å². The topological polar surface area (TPSA) is 31.1 Å². The zero-order valence-electron chi connectivity index (χ0n) is 11.5. The molecule has 3 nitrogen and oxygen atoms in total. The Hall–Kier alpha value is -1.32. The molecule has 102 valence electrons. The zero-order chi connectivity index (χ0) is 12.9. The zero-order valence-corrected chi connectivity index (χ0v) is 11.5.